The standard InChI is InChI=1S/C20H30N2O3/c23-15-18-14-22(13-17(18)12-21-10-2-1-3-11-21)20(25)9-6-16-4-7-19(24)8-5-16/h4-5,7-8,17-18,23-24H,1-3,6,9-15H2/t17-,18-/m1/s1. The van der Waals surface area contributed by atoms with Crippen LogP contribution in [0.15, 0.2) is 24.3 Å². The molecule has 2 N–H and O–H groups in total. The van der Waals surface area contributed by atoms with Crippen LogP contribution in [0.25, 0.3) is 0 Å². The van der Waals surface area contributed by atoms with Gasteiger partial charge in [-0.15, -0.1) is 0 Å². The smallest absolute Gasteiger partial charge is 0.222 e. The predicted molar refractivity (Wildman–Crippen MR) is 97.4 cm³/mol. The zero-order valence-corrected chi connectivity index (χ0v) is 14.9. The molecule has 0 aliphatic carbocycles. The second-order valence-corrected chi connectivity index (χ2v) is 7.53. The molecule has 2 saturated heterocycles. The number of carbonyl (C=O) groups is 1. The molecule has 25 heavy (non-hydrogen) atoms. The van der Waals surface area contributed by atoms with Crippen LogP contribution in [-0.2, 0) is 11.2 Å². The summed E-state index contributed by atoms with van der Waals surface area (Å²) in [5.74, 6) is 1.02. The zero-order valence-electron chi connectivity index (χ0n) is 14.9. The Kier molecular flexibility index (Phi) is 6.32. The molecule has 3 rings (SSSR count). The molecule has 0 aromatic heterocycles. The first-order valence-electron chi connectivity index (χ1n) is 9.54. The molecule has 5 heteroatoms. The Morgan fingerprint density at radius 1 is 1.04 bits per heavy atom. The Morgan fingerprint density at radius 2 is 1.72 bits per heavy atom. The van der Waals surface area contributed by atoms with Gasteiger partial charge in [-0.2, -0.15) is 0 Å². The van der Waals surface area contributed by atoms with Crippen LogP contribution in [0.2, 0.25) is 0 Å². The average molecular weight is 346 g/mol. The van der Waals surface area contributed by atoms with E-state index in [0.717, 1.165) is 31.7 Å². The van der Waals surface area contributed by atoms with Crippen molar-refractivity contribution in [3.63, 3.8) is 0 Å². The van der Waals surface area contributed by atoms with Gasteiger partial charge in [0.25, 0.3) is 0 Å². The van der Waals surface area contributed by atoms with Crippen LogP contribution in [0.4, 0.5) is 0 Å². The average Bonchev–Trinajstić information content (AvgIpc) is 3.05. The molecule has 2 aliphatic rings. The van der Waals surface area contributed by atoms with E-state index in [0.29, 0.717) is 25.3 Å². The summed E-state index contributed by atoms with van der Waals surface area (Å²) in [4.78, 5) is 17.0. The topological polar surface area (TPSA) is 64.0 Å². The van der Waals surface area contributed by atoms with Crippen molar-refractivity contribution in [2.24, 2.45) is 11.8 Å². The highest BCUT2D eigenvalue weighted by molar-refractivity contribution is 5.76. The third kappa shape index (κ3) is 4.95. The van der Waals surface area contributed by atoms with E-state index in [9.17, 15) is 15.0 Å². The summed E-state index contributed by atoms with van der Waals surface area (Å²) in [7, 11) is 0. The number of aromatic hydroxyl groups is 1. The lowest BCUT2D eigenvalue weighted by molar-refractivity contribution is -0.130. The zero-order chi connectivity index (χ0) is 17.6. The number of aryl methyl sites for hydroxylation is 1. The number of benzene rings is 1. The van der Waals surface area contributed by atoms with Crippen molar-refractivity contribution in [3.05, 3.63) is 29.8 Å². The molecule has 2 fully saturated rings. The van der Waals surface area contributed by atoms with Crippen LogP contribution >= 0.6 is 0 Å². The van der Waals surface area contributed by atoms with Crippen molar-refractivity contribution >= 4 is 5.91 Å². The molecular formula is C20H30N2O3. The van der Waals surface area contributed by atoms with E-state index in [4.69, 9.17) is 0 Å². The first-order chi connectivity index (χ1) is 12.2. The van der Waals surface area contributed by atoms with E-state index >= 15 is 0 Å². The van der Waals surface area contributed by atoms with Gasteiger partial charge >= 0.3 is 0 Å². The largest absolute Gasteiger partial charge is 0.508 e. The number of aliphatic hydroxyl groups is 1. The maximum atomic E-state index is 12.6. The molecule has 0 saturated carbocycles. The van der Waals surface area contributed by atoms with Gasteiger partial charge in [0, 0.05) is 38.6 Å². The number of hydrogen-bond donors (Lipinski definition) is 2. The fraction of sp³-hybridized carbons (Fsp3) is 0.650. The maximum absolute atomic E-state index is 12.6. The molecule has 1 aromatic rings. The van der Waals surface area contributed by atoms with E-state index in [2.05, 4.69) is 4.90 Å². The summed E-state index contributed by atoms with van der Waals surface area (Å²) in [5, 5.41) is 19.0. The van der Waals surface area contributed by atoms with Gasteiger partial charge in [-0.1, -0.05) is 18.6 Å². The van der Waals surface area contributed by atoms with Gasteiger partial charge in [0.15, 0.2) is 0 Å². The molecule has 5 nitrogen and oxygen atoms in total. The highest BCUT2D eigenvalue weighted by atomic mass is 16.3. The normalized spacial score (nSPS) is 24.6. The van der Waals surface area contributed by atoms with Gasteiger partial charge in [0.05, 0.1) is 0 Å². The first-order valence-corrected chi connectivity index (χ1v) is 9.54. The van der Waals surface area contributed by atoms with Gasteiger partial charge < -0.3 is 20.0 Å². The molecule has 2 atom stereocenters. The number of likely N-dealkylation sites (tertiary alicyclic amines) is 2. The van der Waals surface area contributed by atoms with Crippen LogP contribution in [0.3, 0.4) is 0 Å². The van der Waals surface area contributed by atoms with E-state index in [-0.39, 0.29) is 24.2 Å². The molecule has 138 valence electrons. The SMILES string of the molecule is O=C(CCc1ccc(O)cc1)N1C[C@@H](CN2CCCCC2)[C@@H](CO)C1. The fourth-order valence-corrected chi connectivity index (χ4v) is 4.10. The van der Waals surface area contributed by atoms with Gasteiger partial charge in [0.2, 0.25) is 5.91 Å². The Morgan fingerprint density at radius 3 is 2.40 bits per heavy atom. The van der Waals surface area contributed by atoms with Gasteiger partial charge in [-0.25, -0.2) is 0 Å². The molecule has 0 radical (unpaired) electrons. The number of nitrogens with zero attached hydrogens (tertiary/aromatic N) is 2. The minimum atomic E-state index is 0.167. The third-order valence-electron chi connectivity index (χ3n) is 5.67. The van der Waals surface area contributed by atoms with Gasteiger partial charge in [-0.05, 0) is 56.0 Å². The second kappa shape index (κ2) is 8.68. The molecule has 1 aromatic carbocycles. The number of phenols is 1. The molecule has 0 bridgehead atoms. The van der Waals surface area contributed by atoms with Crippen molar-refractivity contribution in [3.8, 4) is 5.75 Å². The van der Waals surface area contributed by atoms with E-state index in [1.807, 2.05) is 17.0 Å². The summed E-state index contributed by atoms with van der Waals surface area (Å²) in [6.07, 6.45) is 5.04. The second-order valence-electron chi connectivity index (χ2n) is 7.53. The summed E-state index contributed by atoms with van der Waals surface area (Å²) < 4.78 is 0. The lowest BCUT2D eigenvalue weighted by Gasteiger charge is -2.30. The lowest BCUT2D eigenvalue weighted by atomic mass is 9.95. The molecule has 2 heterocycles. The highest BCUT2D eigenvalue weighted by Gasteiger charge is 2.35. The van der Waals surface area contributed by atoms with Crippen molar-refractivity contribution in [2.75, 3.05) is 39.3 Å². The van der Waals surface area contributed by atoms with Gasteiger partial charge in [0.1, 0.15) is 5.75 Å². The number of rotatable bonds is 6. The molecule has 0 spiro atoms. The minimum Gasteiger partial charge on any atom is -0.508 e. The highest BCUT2D eigenvalue weighted by Crippen LogP contribution is 2.26. The van der Waals surface area contributed by atoms with Crippen LogP contribution < -0.4 is 0 Å². The predicted octanol–water partition coefficient (Wildman–Crippen LogP) is 1.88. The number of carbonyl (C=O) groups excluding carboxylic acids is 1. The lowest BCUT2D eigenvalue weighted by Crippen LogP contribution is -2.37. The summed E-state index contributed by atoms with van der Waals surface area (Å²) in [6.45, 7) is 4.94. The maximum Gasteiger partial charge on any atom is 0.222 e. The van der Waals surface area contributed by atoms with Crippen LogP contribution in [0.1, 0.15) is 31.2 Å². The molecular weight excluding hydrogens is 316 g/mol. The Labute approximate surface area is 150 Å². The minimum absolute atomic E-state index is 0.167. The molecule has 2 aliphatic heterocycles. The summed E-state index contributed by atoms with van der Waals surface area (Å²) in [6, 6.07) is 7.04. The Bertz CT molecular complexity index is 555. The molecule has 1 amide bonds. The number of phenolic OH excluding ortho intramolecular Hbond substituents is 1. The fourth-order valence-electron chi connectivity index (χ4n) is 4.10. The van der Waals surface area contributed by atoms with E-state index < -0.39 is 0 Å². The van der Waals surface area contributed by atoms with Crippen molar-refractivity contribution in [1.29, 1.82) is 0 Å². The van der Waals surface area contributed by atoms with Gasteiger partial charge in [-0.3, -0.25) is 4.79 Å². The molecule has 0 unspecified atom stereocenters. The first kappa shape index (κ1) is 18.2. The van der Waals surface area contributed by atoms with E-state index in [1.54, 1.807) is 12.1 Å². The quantitative estimate of drug-likeness (QED) is 0.825. The van der Waals surface area contributed by atoms with Crippen molar-refractivity contribution in [2.45, 2.75) is 32.1 Å². The van der Waals surface area contributed by atoms with E-state index in [1.165, 1.54) is 19.3 Å². The number of piperidine rings is 1. The monoisotopic (exact) mass is 346 g/mol. The number of aliphatic hydroxyl groups excluding tert-OH is 1. The van der Waals surface area contributed by atoms with Crippen LogP contribution in [0.5, 0.6) is 5.75 Å². The van der Waals surface area contributed by atoms with Crippen molar-refractivity contribution in [1.82, 2.24) is 9.80 Å². The third-order valence-corrected chi connectivity index (χ3v) is 5.67. The number of amides is 1. The van der Waals surface area contributed by atoms with Crippen LogP contribution in [-0.4, -0.2) is 65.3 Å². The Balaban J connectivity index is 1.49. The van der Waals surface area contributed by atoms with Crippen molar-refractivity contribution < 1.29 is 15.0 Å². The Hall–Kier alpha value is -1.59. The summed E-state index contributed by atoms with van der Waals surface area (Å²) >= 11 is 0. The summed E-state index contributed by atoms with van der Waals surface area (Å²) in [5.41, 5.74) is 1.06. The van der Waals surface area contributed by atoms with Crippen LogP contribution in [0, 0.1) is 11.8 Å². The number of hydrogen-bond acceptors (Lipinski definition) is 4.